The largest absolute Gasteiger partial charge is 0.448 e. The van der Waals surface area contributed by atoms with E-state index in [2.05, 4.69) is 27.1 Å². The molecule has 2 fully saturated rings. The zero-order chi connectivity index (χ0) is 36.4. The number of H-pyrrole nitrogens is 1. The van der Waals surface area contributed by atoms with E-state index in [4.69, 9.17) is 24.2 Å². The SMILES string of the molecule is CSc1cc(C)[nH]c(=O)c1CNC(=O)c1cc(-c2cnc(N3C[C@@H](C)O[C@@H](C)C3)nc2)c2c(c1C)OC(C)(C1CCC(N(C)CCCO)CC1)O2. The molecule has 1 saturated heterocycles. The predicted octanol–water partition coefficient (Wildman–Crippen LogP) is 5.07. The lowest BCUT2D eigenvalue weighted by Crippen LogP contribution is -2.47. The Bertz CT molecular complexity index is 1770. The topological polar surface area (TPSA) is 142 Å². The van der Waals surface area contributed by atoms with Crippen molar-refractivity contribution in [2.45, 2.75) is 102 Å². The standard InChI is InChI=1S/C38H52N6O6S/c1-22-15-32(51-7)31(36(47)42-22)19-39-35(46)29-16-30(26-17-40-37(41-18-26)44-20-23(2)48-24(3)21-44)34-33(25(29)4)49-38(5,50-34)27-9-11-28(12-10-27)43(6)13-8-14-45/h15-18,23-24,27-28,45H,8-14,19-21H2,1-7H3,(H,39,46)(H,42,47)/t23-,24+,27?,28?,38?. The van der Waals surface area contributed by atoms with E-state index in [9.17, 15) is 14.7 Å². The maximum atomic E-state index is 14.0. The molecule has 12 nitrogen and oxygen atoms in total. The summed E-state index contributed by atoms with van der Waals surface area (Å²) in [5.74, 6) is 0.645. The van der Waals surface area contributed by atoms with Gasteiger partial charge in [0.1, 0.15) is 0 Å². The highest BCUT2D eigenvalue weighted by atomic mass is 32.2. The number of hydrogen-bond acceptors (Lipinski definition) is 11. The Labute approximate surface area is 304 Å². The average molecular weight is 721 g/mol. The van der Waals surface area contributed by atoms with E-state index in [0.29, 0.717) is 64.4 Å². The molecule has 2 aromatic heterocycles. The molecule has 0 spiro atoms. The fourth-order valence-electron chi connectivity index (χ4n) is 7.81. The van der Waals surface area contributed by atoms with Crippen molar-refractivity contribution in [3.8, 4) is 22.6 Å². The molecule has 1 saturated carbocycles. The summed E-state index contributed by atoms with van der Waals surface area (Å²) in [5.41, 5.74) is 3.56. The molecule has 0 radical (unpaired) electrons. The molecule has 1 amide bonds. The first-order valence-corrected chi connectivity index (χ1v) is 19.3. The Morgan fingerprint density at radius 3 is 2.41 bits per heavy atom. The Balaban J connectivity index is 1.30. The zero-order valence-electron chi connectivity index (χ0n) is 30.9. The minimum Gasteiger partial charge on any atom is -0.448 e. The fourth-order valence-corrected chi connectivity index (χ4v) is 8.51. The van der Waals surface area contributed by atoms with Crippen molar-refractivity contribution in [1.29, 1.82) is 0 Å². The summed E-state index contributed by atoms with van der Waals surface area (Å²) < 4.78 is 19.5. The number of ether oxygens (including phenoxy) is 3. The summed E-state index contributed by atoms with van der Waals surface area (Å²) in [6.07, 6.45) is 10.3. The number of aliphatic hydroxyl groups excluding tert-OH is 1. The van der Waals surface area contributed by atoms with Gasteiger partial charge >= 0.3 is 0 Å². The van der Waals surface area contributed by atoms with Crippen LogP contribution in [0.4, 0.5) is 5.95 Å². The number of nitrogens with one attached hydrogen (secondary N) is 2. The number of fused-ring (bicyclic) bond motifs is 1. The number of anilines is 1. The molecule has 3 aromatic rings. The number of amides is 1. The average Bonchev–Trinajstić information content (AvgIpc) is 3.48. The van der Waals surface area contributed by atoms with Crippen LogP contribution in [0, 0.1) is 19.8 Å². The van der Waals surface area contributed by atoms with E-state index in [1.54, 1.807) is 12.4 Å². The zero-order valence-corrected chi connectivity index (χ0v) is 31.7. The normalized spacial score (nSPS) is 24.6. The van der Waals surface area contributed by atoms with Gasteiger partial charge in [0.15, 0.2) is 11.5 Å². The summed E-state index contributed by atoms with van der Waals surface area (Å²) in [6, 6.07) is 4.20. The van der Waals surface area contributed by atoms with Crippen LogP contribution in [0.15, 0.2) is 34.2 Å². The lowest BCUT2D eigenvalue weighted by Gasteiger charge is -2.40. The molecular weight excluding hydrogens is 669 g/mol. The number of morpholine rings is 1. The van der Waals surface area contributed by atoms with Crippen molar-refractivity contribution >= 4 is 23.6 Å². The lowest BCUT2D eigenvalue weighted by molar-refractivity contribution is -0.123. The van der Waals surface area contributed by atoms with Crippen LogP contribution < -0.4 is 25.2 Å². The van der Waals surface area contributed by atoms with Gasteiger partial charge in [-0.1, -0.05) is 0 Å². The Morgan fingerprint density at radius 1 is 1.10 bits per heavy atom. The first-order chi connectivity index (χ1) is 24.4. The number of rotatable bonds is 11. The van der Waals surface area contributed by atoms with E-state index in [1.165, 1.54) is 11.8 Å². The van der Waals surface area contributed by atoms with Crippen LogP contribution in [0.2, 0.25) is 0 Å². The van der Waals surface area contributed by atoms with Crippen LogP contribution in [0.5, 0.6) is 11.5 Å². The van der Waals surface area contributed by atoms with Gasteiger partial charge in [0, 0.05) is 102 Å². The molecule has 2 aliphatic heterocycles. The van der Waals surface area contributed by atoms with Crippen molar-refractivity contribution in [2.24, 2.45) is 5.92 Å². The highest BCUT2D eigenvalue weighted by molar-refractivity contribution is 7.98. The van der Waals surface area contributed by atoms with Gasteiger partial charge in [0.25, 0.3) is 17.3 Å². The van der Waals surface area contributed by atoms with E-state index < -0.39 is 5.79 Å². The molecule has 1 aliphatic carbocycles. The van der Waals surface area contributed by atoms with E-state index >= 15 is 0 Å². The highest BCUT2D eigenvalue weighted by Crippen LogP contribution is 2.53. The van der Waals surface area contributed by atoms with Gasteiger partial charge in [-0.2, -0.15) is 0 Å². The van der Waals surface area contributed by atoms with Crippen LogP contribution in [-0.2, 0) is 11.3 Å². The van der Waals surface area contributed by atoms with Crippen molar-refractivity contribution in [3.05, 3.63) is 57.3 Å². The first-order valence-electron chi connectivity index (χ1n) is 18.0. The van der Waals surface area contributed by atoms with Gasteiger partial charge < -0.3 is 39.4 Å². The minimum absolute atomic E-state index is 0.0696. The van der Waals surface area contributed by atoms with Crippen LogP contribution >= 0.6 is 11.8 Å². The number of aliphatic hydroxyl groups is 1. The Hall–Kier alpha value is -3.65. The molecule has 4 heterocycles. The number of hydrogen-bond donors (Lipinski definition) is 3. The Morgan fingerprint density at radius 2 is 1.76 bits per heavy atom. The second-order valence-corrected chi connectivity index (χ2v) is 15.3. The third kappa shape index (κ3) is 7.91. The van der Waals surface area contributed by atoms with Crippen LogP contribution in [-0.4, -0.2) is 94.4 Å². The molecule has 1 aromatic carbocycles. The Kier molecular flexibility index (Phi) is 11.3. The van der Waals surface area contributed by atoms with E-state index in [-0.39, 0.29) is 42.7 Å². The van der Waals surface area contributed by atoms with Gasteiger partial charge in [-0.15, -0.1) is 11.8 Å². The van der Waals surface area contributed by atoms with Crippen molar-refractivity contribution in [1.82, 2.24) is 25.2 Å². The van der Waals surface area contributed by atoms with Crippen LogP contribution in [0.3, 0.4) is 0 Å². The maximum absolute atomic E-state index is 14.0. The second kappa shape index (κ2) is 15.5. The molecule has 51 heavy (non-hydrogen) atoms. The quantitative estimate of drug-likeness (QED) is 0.229. The number of aromatic amines is 1. The third-order valence-electron chi connectivity index (χ3n) is 10.6. The number of aryl methyl sites for hydroxylation is 1. The van der Waals surface area contributed by atoms with Crippen LogP contribution in [0.25, 0.3) is 11.1 Å². The van der Waals surface area contributed by atoms with E-state index in [0.717, 1.165) is 49.2 Å². The summed E-state index contributed by atoms with van der Waals surface area (Å²) in [7, 11) is 2.13. The predicted molar refractivity (Wildman–Crippen MR) is 199 cm³/mol. The van der Waals surface area contributed by atoms with Crippen molar-refractivity contribution in [2.75, 3.05) is 44.4 Å². The maximum Gasteiger partial charge on any atom is 0.254 e. The van der Waals surface area contributed by atoms with Gasteiger partial charge in [-0.05, 0) is 85.2 Å². The molecule has 3 atom stereocenters. The third-order valence-corrected chi connectivity index (χ3v) is 11.4. The number of benzene rings is 1. The summed E-state index contributed by atoms with van der Waals surface area (Å²) in [6.45, 7) is 12.4. The fraction of sp³-hybridized carbons (Fsp3) is 0.579. The van der Waals surface area contributed by atoms with Crippen LogP contribution in [0.1, 0.15) is 80.1 Å². The number of nitrogens with zero attached hydrogens (tertiary/aromatic N) is 4. The molecule has 13 heteroatoms. The summed E-state index contributed by atoms with van der Waals surface area (Å²) >= 11 is 1.48. The molecular formula is C38H52N6O6S. The highest BCUT2D eigenvalue weighted by Gasteiger charge is 2.48. The van der Waals surface area contributed by atoms with Gasteiger partial charge in [0.2, 0.25) is 5.95 Å². The van der Waals surface area contributed by atoms with Crippen molar-refractivity contribution in [3.63, 3.8) is 0 Å². The van der Waals surface area contributed by atoms with Gasteiger partial charge in [-0.3, -0.25) is 9.59 Å². The minimum atomic E-state index is -0.922. The number of aromatic nitrogens is 3. The smallest absolute Gasteiger partial charge is 0.254 e. The molecule has 276 valence electrons. The molecule has 1 unspecified atom stereocenters. The lowest BCUT2D eigenvalue weighted by atomic mass is 9.81. The molecule has 0 bridgehead atoms. The number of pyridine rings is 1. The molecule has 6 rings (SSSR count). The number of thioether (sulfide) groups is 1. The first kappa shape index (κ1) is 37.1. The van der Waals surface area contributed by atoms with E-state index in [1.807, 2.05) is 53.0 Å². The van der Waals surface area contributed by atoms with Gasteiger partial charge in [0.05, 0.1) is 12.2 Å². The molecule has 3 aliphatic rings. The van der Waals surface area contributed by atoms with Crippen molar-refractivity contribution < 1.29 is 24.1 Å². The monoisotopic (exact) mass is 720 g/mol. The van der Waals surface area contributed by atoms with Gasteiger partial charge in [-0.25, -0.2) is 9.97 Å². The summed E-state index contributed by atoms with van der Waals surface area (Å²) in [5, 5.41) is 12.3. The number of carbonyl (C=O) groups excluding carboxylic acids is 1. The summed E-state index contributed by atoms with van der Waals surface area (Å²) in [4.78, 5) is 44.5. The molecule has 3 N–H and O–H groups in total. The second-order valence-electron chi connectivity index (χ2n) is 14.5. The number of carbonyl (C=O) groups is 1.